The molecule has 1 rings (SSSR count). The summed E-state index contributed by atoms with van der Waals surface area (Å²) in [5.41, 5.74) is 0. The van der Waals surface area contributed by atoms with Gasteiger partial charge in [-0.1, -0.05) is 15.9 Å². The molecule has 0 amide bonds. The van der Waals surface area contributed by atoms with E-state index in [0.29, 0.717) is 19.4 Å². The molecule has 0 radical (unpaired) electrons. The minimum Gasteiger partial charge on any atom is -0.229 e. The van der Waals surface area contributed by atoms with Gasteiger partial charge in [0, 0.05) is 19.3 Å². The minimum atomic E-state index is -3.33. The van der Waals surface area contributed by atoms with Gasteiger partial charge in [-0.25, -0.2) is 16.8 Å². The van der Waals surface area contributed by atoms with Crippen LogP contribution in [0.4, 0.5) is 0 Å². The van der Waals surface area contributed by atoms with Crippen molar-refractivity contribution in [1.29, 1.82) is 0 Å². The van der Waals surface area contributed by atoms with E-state index < -0.39 is 25.1 Å². The molecule has 15 heavy (non-hydrogen) atoms. The number of sulfone groups is 1. The van der Waals surface area contributed by atoms with Crippen molar-refractivity contribution in [2.24, 2.45) is 0 Å². The van der Waals surface area contributed by atoms with Crippen LogP contribution < -0.4 is 0 Å². The molecule has 1 saturated heterocycles. The lowest BCUT2D eigenvalue weighted by atomic mass is 10.2. The van der Waals surface area contributed by atoms with Crippen LogP contribution in [0.15, 0.2) is 0 Å². The Kier molecular flexibility index (Phi) is 4.19. The highest BCUT2D eigenvalue weighted by molar-refractivity contribution is 9.10. The maximum atomic E-state index is 11.5. The fourth-order valence-electron chi connectivity index (χ4n) is 1.58. The second-order valence-electron chi connectivity index (χ2n) is 3.67. The molecular formula is C7H14BrNO4S2. The third kappa shape index (κ3) is 3.40. The maximum Gasteiger partial charge on any atom is 0.224 e. The first-order valence-electron chi connectivity index (χ1n) is 4.50. The number of nitrogens with zero attached hydrogens (tertiary/aromatic N) is 1. The van der Waals surface area contributed by atoms with Crippen molar-refractivity contribution in [1.82, 2.24) is 4.31 Å². The van der Waals surface area contributed by atoms with Gasteiger partial charge < -0.3 is 0 Å². The average molecular weight is 320 g/mol. The average Bonchev–Trinajstić information content (AvgIpc) is 2.17. The Morgan fingerprint density at radius 1 is 1.33 bits per heavy atom. The third-order valence-corrected chi connectivity index (χ3v) is 7.20. The largest absolute Gasteiger partial charge is 0.229 e. The molecule has 0 saturated carbocycles. The summed E-state index contributed by atoms with van der Waals surface area (Å²) in [7, 11) is -6.48. The predicted octanol–water partition coefficient (Wildman–Crippen LogP) is 0.178. The van der Waals surface area contributed by atoms with Crippen LogP contribution in [0.1, 0.15) is 12.8 Å². The summed E-state index contributed by atoms with van der Waals surface area (Å²) in [5, 5.41) is -0.555. The van der Waals surface area contributed by atoms with Gasteiger partial charge in [0.05, 0.1) is 5.25 Å². The van der Waals surface area contributed by atoms with Gasteiger partial charge in [0.25, 0.3) is 0 Å². The summed E-state index contributed by atoms with van der Waals surface area (Å²) in [5.74, 6) is 0. The predicted molar refractivity (Wildman–Crippen MR) is 62.2 cm³/mol. The van der Waals surface area contributed by atoms with E-state index in [2.05, 4.69) is 15.9 Å². The summed E-state index contributed by atoms with van der Waals surface area (Å²) in [6.45, 7) is 0.507. The van der Waals surface area contributed by atoms with Gasteiger partial charge in [0.2, 0.25) is 10.0 Å². The highest BCUT2D eigenvalue weighted by Gasteiger charge is 2.32. The molecule has 5 nitrogen and oxygen atoms in total. The SMILES string of the molecule is CS(=O)(=O)C1CCCN(S(=O)(=O)CBr)C1. The van der Waals surface area contributed by atoms with Gasteiger partial charge in [0.1, 0.15) is 4.66 Å². The van der Waals surface area contributed by atoms with Crippen molar-refractivity contribution in [2.75, 3.05) is 24.0 Å². The molecule has 1 fully saturated rings. The second kappa shape index (κ2) is 4.68. The molecule has 1 aliphatic heterocycles. The summed E-state index contributed by atoms with van der Waals surface area (Å²) in [4.78, 5) is 0. The van der Waals surface area contributed by atoms with Crippen LogP contribution in [0.3, 0.4) is 0 Å². The number of sulfonamides is 1. The van der Waals surface area contributed by atoms with Crippen LogP contribution in [0, 0.1) is 0 Å². The maximum absolute atomic E-state index is 11.5. The topological polar surface area (TPSA) is 71.5 Å². The highest BCUT2D eigenvalue weighted by atomic mass is 79.9. The quantitative estimate of drug-likeness (QED) is 0.696. The summed E-state index contributed by atoms with van der Waals surface area (Å²) in [6.07, 6.45) is 2.30. The van der Waals surface area contributed by atoms with Gasteiger partial charge in [-0.05, 0) is 12.8 Å². The van der Waals surface area contributed by atoms with Gasteiger partial charge in [-0.3, -0.25) is 0 Å². The summed E-state index contributed by atoms with van der Waals surface area (Å²) >= 11 is 2.90. The van der Waals surface area contributed by atoms with Crippen LogP contribution in [-0.4, -0.2) is 50.4 Å². The molecule has 0 aromatic heterocycles. The van der Waals surface area contributed by atoms with Crippen LogP contribution in [0.25, 0.3) is 0 Å². The Hall–Kier alpha value is 0.340. The zero-order chi connectivity index (χ0) is 11.7. The van der Waals surface area contributed by atoms with Crippen molar-refractivity contribution in [3.63, 3.8) is 0 Å². The normalized spacial score (nSPS) is 25.3. The zero-order valence-corrected chi connectivity index (χ0v) is 11.6. The van der Waals surface area contributed by atoms with Crippen molar-refractivity contribution >= 4 is 35.8 Å². The first kappa shape index (κ1) is 13.4. The van der Waals surface area contributed by atoms with Crippen LogP contribution in [0.5, 0.6) is 0 Å². The number of hydrogen-bond acceptors (Lipinski definition) is 4. The van der Waals surface area contributed by atoms with Crippen molar-refractivity contribution in [2.45, 2.75) is 18.1 Å². The molecule has 0 bridgehead atoms. The highest BCUT2D eigenvalue weighted by Crippen LogP contribution is 2.19. The minimum absolute atomic E-state index is 0.0900. The van der Waals surface area contributed by atoms with Crippen molar-refractivity contribution < 1.29 is 16.8 Å². The smallest absolute Gasteiger partial charge is 0.224 e. The number of halogens is 1. The Morgan fingerprint density at radius 2 is 1.93 bits per heavy atom. The molecular weight excluding hydrogens is 306 g/mol. The molecule has 0 aromatic carbocycles. The van der Waals surface area contributed by atoms with Gasteiger partial charge in [-0.15, -0.1) is 0 Å². The van der Waals surface area contributed by atoms with E-state index in [-0.39, 0.29) is 11.2 Å². The fraction of sp³-hybridized carbons (Fsp3) is 1.00. The first-order valence-corrected chi connectivity index (χ1v) is 9.18. The molecule has 1 heterocycles. The lowest BCUT2D eigenvalue weighted by molar-refractivity contribution is 0.348. The number of alkyl halides is 1. The molecule has 0 aliphatic carbocycles. The van der Waals surface area contributed by atoms with Crippen molar-refractivity contribution in [3.05, 3.63) is 0 Å². The summed E-state index contributed by atoms with van der Waals surface area (Å²) in [6, 6.07) is 0. The number of rotatable bonds is 3. The first-order chi connectivity index (χ1) is 6.77. The lowest BCUT2D eigenvalue weighted by Crippen LogP contribution is -2.45. The molecule has 0 aromatic rings. The number of piperidine rings is 1. The van der Waals surface area contributed by atoms with E-state index in [9.17, 15) is 16.8 Å². The van der Waals surface area contributed by atoms with Gasteiger partial charge in [-0.2, -0.15) is 4.31 Å². The van der Waals surface area contributed by atoms with E-state index in [1.54, 1.807) is 0 Å². The molecule has 0 spiro atoms. The molecule has 8 heteroatoms. The standard InChI is InChI=1S/C7H14BrNO4S2/c1-14(10,11)7-3-2-4-9(5-7)15(12,13)6-8/h7H,2-6H2,1H3. The Balaban J connectivity index is 2.82. The fourth-order valence-corrected chi connectivity index (χ4v) is 4.54. The Morgan fingerprint density at radius 3 is 2.40 bits per heavy atom. The number of hydrogen-bond donors (Lipinski definition) is 0. The molecule has 1 atom stereocenters. The molecule has 1 aliphatic rings. The van der Waals surface area contributed by atoms with E-state index in [1.807, 2.05) is 0 Å². The van der Waals surface area contributed by atoms with Gasteiger partial charge >= 0.3 is 0 Å². The van der Waals surface area contributed by atoms with Crippen molar-refractivity contribution in [3.8, 4) is 0 Å². The van der Waals surface area contributed by atoms with Crippen LogP contribution in [-0.2, 0) is 19.9 Å². The second-order valence-corrected chi connectivity index (χ2v) is 9.27. The third-order valence-electron chi connectivity index (χ3n) is 2.48. The van der Waals surface area contributed by atoms with Gasteiger partial charge in [0.15, 0.2) is 9.84 Å². The monoisotopic (exact) mass is 319 g/mol. The van der Waals surface area contributed by atoms with Crippen LogP contribution in [0.2, 0.25) is 0 Å². The van der Waals surface area contributed by atoms with Crippen LogP contribution >= 0.6 is 15.9 Å². The molecule has 1 unspecified atom stereocenters. The van der Waals surface area contributed by atoms with E-state index in [0.717, 1.165) is 6.26 Å². The molecule has 0 N–H and O–H groups in total. The molecule has 90 valence electrons. The Bertz CT molecular complexity index is 416. The van der Waals surface area contributed by atoms with E-state index >= 15 is 0 Å². The zero-order valence-electron chi connectivity index (χ0n) is 8.39. The van der Waals surface area contributed by atoms with E-state index in [1.165, 1.54) is 4.31 Å². The van der Waals surface area contributed by atoms with E-state index in [4.69, 9.17) is 0 Å². The lowest BCUT2D eigenvalue weighted by Gasteiger charge is -2.30. The summed E-state index contributed by atoms with van der Waals surface area (Å²) < 4.78 is 46.7. The Labute approximate surface area is 98.9 Å².